The first-order chi connectivity index (χ1) is 16.0. The number of rotatable bonds is 5. The van der Waals surface area contributed by atoms with Crippen molar-refractivity contribution in [1.29, 1.82) is 0 Å². The summed E-state index contributed by atoms with van der Waals surface area (Å²) in [5.41, 5.74) is 3.02. The summed E-state index contributed by atoms with van der Waals surface area (Å²) in [5, 5.41) is 3.36. The second-order valence-electron chi connectivity index (χ2n) is 6.91. The number of cyclic esters (lactones) is 1. The predicted molar refractivity (Wildman–Crippen MR) is 133 cm³/mol. The molecule has 0 saturated carbocycles. The van der Waals surface area contributed by atoms with E-state index in [1.54, 1.807) is 31.2 Å². The second-order valence-corrected chi connectivity index (χ2v) is 6.91. The van der Waals surface area contributed by atoms with E-state index < -0.39 is 17.7 Å². The van der Waals surface area contributed by atoms with Crippen LogP contribution in [-0.2, 0) is 15.2 Å². The lowest BCUT2D eigenvalue weighted by atomic mass is 9.92. The molecule has 5 nitrogen and oxygen atoms in total. The SMILES string of the molecule is CC.CC.CCOC(=O)c1cccc(NC2(c3ccc(C)cc3)OC(=O)c3ccccc32)c1. The van der Waals surface area contributed by atoms with Crippen molar-refractivity contribution >= 4 is 17.6 Å². The number of benzene rings is 3. The number of aryl methyl sites for hydroxylation is 1. The lowest BCUT2D eigenvalue weighted by Crippen LogP contribution is -2.37. The third-order valence-electron chi connectivity index (χ3n) is 4.92. The molecule has 3 aromatic carbocycles. The summed E-state index contributed by atoms with van der Waals surface area (Å²) >= 11 is 0. The maximum Gasteiger partial charge on any atom is 0.341 e. The zero-order valence-corrected chi connectivity index (χ0v) is 20.3. The van der Waals surface area contributed by atoms with Crippen molar-refractivity contribution in [3.05, 3.63) is 101 Å². The van der Waals surface area contributed by atoms with E-state index in [1.165, 1.54) is 0 Å². The van der Waals surface area contributed by atoms with Crippen LogP contribution >= 0.6 is 0 Å². The summed E-state index contributed by atoms with van der Waals surface area (Å²) < 4.78 is 11.0. The van der Waals surface area contributed by atoms with Gasteiger partial charge in [0.05, 0.1) is 17.7 Å². The highest BCUT2D eigenvalue weighted by atomic mass is 16.6. The molecule has 0 fully saturated rings. The molecule has 3 aromatic rings. The Kier molecular flexibility index (Phi) is 9.22. The van der Waals surface area contributed by atoms with Crippen LogP contribution in [0.1, 0.15) is 72.0 Å². The maximum absolute atomic E-state index is 12.6. The van der Waals surface area contributed by atoms with Crippen LogP contribution in [0.4, 0.5) is 5.69 Å². The molecule has 5 heteroatoms. The van der Waals surface area contributed by atoms with Crippen molar-refractivity contribution in [2.75, 3.05) is 11.9 Å². The quantitative estimate of drug-likeness (QED) is 0.441. The van der Waals surface area contributed by atoms with Crippen LogP contribution in [0.25, 0.3) is 0 Å². The highest BCUT2D eigenvalue weighted by molar-refractivity contribution is 5.96. The Morgan fingerprint density at radius 1 is 0.939 bits per heavy atom. The third-order valence-corrected chi connectivity index (χ3v) is 4.92. The fourth-order valence-corrected chi connectivity index (χ4v) is 3.53. The van der Waals surface area contributed by atoms with Gasteiger partial charge in [-0.2, -0.15) is 0 Å². The van der Waals surface area contributed by atoms with Crippen molar-refractivity contribution in [2.24, 2.45) is 0 Å². The number of carbonyl (C=O) groups is 2. The molecule has 0 aliphatic carbocycles. The number of hydrogen-bond acceptors (Lipinski definition) is 5. The number of fused-ring (bicyclic) bond motifs is 1. The Labute approximate surface area is 196 Å². The molecule has 174 valence electrons. The van der Waals surface area contributed by atoms with Crippen LogP contribution in [0.5, 0.6) is 0 Å². The summed E-state index contributed by atoms with van der Waals surface area (Å²) in [7, 11) is 0. The highest BCUT2D eigenvalue weighted by Crippen LogP contribution is 2.42. The second kappa shape index (κ2) is 11.9. The van der Waals surface area contributed by atoms with Gasteiger partial charge in [-0.05, 0) is 38.1 Å². The third kappa shape index (κ3) is 5.43. The molecule has 1 atom stereocenters. The van der Waals surface area contributed by atoms with E-state index in [0.717, 1.165) is 16.7 Å². The molecule has 0 bridgehead atoms. The summed E-state index contributed by atoms with van der Waals surface area (Å²) in [6.45, 7) is 12.1. The number of hydrogen-bond donors (Lipinski definition) is 1. The highest BCUT2D eigenvalue weighted by Gasteiger charge is 2.47. The fraction of sp³-hybridized carbons (Fsp3) is 0.286. The fourth-order valence-electron chi connectivity index (χ4n) is 3.53. The maximum atomic E-state index is 12.6. The molecule has 1 aliphatic rings. The number of nitrogens with one attached hydrogen (secondary N) is 1. The van der Waals surface area contributed by atoms with Crippen LogP contribution < -0.4 is 5.32 Å². The van der Waals surface area contributed by atoms with Gasteiger partial charge in [-0.15, -0.1) is 0 Å². The van der Waals surface area contributed by atoms with Gasteiger partial charge in [-0.25, -0.2) is 9.59 Å². The minimum Gasteiger partial charge on any atom is -0.462 e. The number of ether oxygens (including phenoxy) is 2. The molecule has 0 aromatic heterocycles. The van der Waals surface area contributed by atoms with E-state index in [0.29, 0.717) is 23.4 Å². The zero-order valence-electron chi connectivity index (χ0n) is 20.3. The topological polar surface area (TPSA) is 64.6 Å². The minimum absolute atomic E-state index is 0.300. The van der Waals surface area contributed by atoms with E-state index in [1.807, 2.05) is 83.1 Å². The smallest absolute Gasteiger partial charge is 0.341 e. The number of esters is 2. The van der Waals surface area contributed by atoms with E-state index in [4.69, 9.17) is 9.47 Å². The van der Waals surface area contributed by atoms with Gasteiger partial charge < -0.3 is 14.8 Å². The van der Waals surface area contributed by atoms with Gasteiger partial charge in [0.2, 0.25) is 5.72 Å². The summed E-state index contributed by atoms with van der Waals surface area (Å²) in [6, 6.07) is 22.1. The number of anilines is 1. The molecule has 1 N–H and O–H groups in total. The van der Waals surface area contributed by atoms with E-state index >= 15 is 0 Å². The van der Waals surface area contributed by atoms with Gasteiger partial charge in [0.1, 0.15) is 0 Å². The standard InChI is InChI=1S/C24H21NO4.2C2H6/c1-3-28-22(26)17-7-6-8-19(15-17)25-24(18-13-11-16(2)12-14-18)21-10-5-4-9-20(21)23(27)29-24;2*1-2/h4-15,25H,3H2,1-2H3;2*1-2H3. The Morgan fingerprint density at radius 2 is 1.61 bits per heavy atom. The van der Waals surface area contributed by atoms with E-state index in [2.05, 4.69) is 5.32 Å². The number of carbonyl (C=O) groups excluding carboxylic acids is 2. The molecule has 0 spiro atoms. The van der Waals surface area contributed by atoms with E-state index in [9.17, 15) is 9.59 Å². The molecular weight excluding hydrogens is 414 g/mol. The molecular formula is C28H33NO4. The monoisotopic (exact) mass is 447 g/mol. The average molecular weight is 448 g/mol. The van der Waals surface area contributed by atoms with Crippen LogP contribution in [0, 0.1) is 6.92 Å². The molecule has 33 heavy (non-hydrogen) atoms. The van der Waals surface area contributed by atoms with Gasteiger partial charge in [0.25, 0.3) is 0 Å². The van der Waals surface area contributed by atoms with Crippen molar-refractivity contribution < 1.29 is 19.1 Å². The van der Waals surface area contributed by atoms with Gasteiger partial charge in [0, 0.05) is 16.8 Å². The lowest BCUT2D eigenvalue weighted by Gasteiger charge is -2.31. The zero-order chi connectivity index (χ0) is 24.4. The van der Waals surface area contributed by atoms with Crippen LogP contribution in [0.3, 0.4) is 0 Å². The molecule has 0 radical (unpaired) electrons. The minimum atomic E-state index is -1.19. The Balaban J connectivity index is 0.000000914. The predicted octanol–water partition coefficient (Wildman–Crippen LogP) is 6.71. The van der Waals surface area contributed by atoms with Gasteiger partial charge in [-0.3, -0.25) is 0 Å². The van der Waals surface area contributed by atoms with Crippen LogP contribution in [0.15, 0.2) is 72.8 Å². The van der Waals surface area contributed by atoms with Gasteiger partial charge in [-0.1, -0.05) is 81.8 Å². The molecule has 4 rings (SSSR count). The lowest BCUT2D eigenvalue weighted by molar-refractivity contribution is 0.0212. The first kappa shape index (κ1) is 25.7. The Hall–Kier alpha value is -3.60. The molecule has 1 heterocycles. The molecule has 1 unspecified atom stereocenters. The van der Waals surface area contributed by atoms with Gasteiger partial charge in [0.15, 0.2) is 0 Å². The summed E-state index contributed by atoms with van der Waals surface area (Å²) in [6.07, 6.45) is 0. The molecule has 0 saturated heterocycles. The Morgan fingerprint density at radius 3 is 2.27 bits per heavy atom. The first-order valence-corrected chi connectivity index (χ1v) is 11.5. The summed E-state index contributed by atoms with van der Waals surface area (Å²) in [5.74, 6) is -0.792. The van der Waals surface area contributed by atoms with Crippen molar-refractivity contribution in [2.45, 2.75) is 47.3 Å². The average Bonchev–Trinajstić information content (AvgIpc) is 3.15. The summed E-state index contributed by atoms with van der Waals surface area (Å²) in [4.78, 5) is 24.8. The van der Waals surface area contributed by atoms with E-state index in [-0.39, 0.29) is 0 Å². The Bertz CT molecular complexity index is 1080. The van der Waals surface area contributed by atoms with Crippen molar-refractivity contribution in [3.8, 4) is 0 Å². The van der Waals surface area contributed by atoms with Crippen molar-refractivity contribution in [1.82, 2.24) is 0 Å². The first-order valence-electron chi connectivity index (χ1n) is 11.5. The van der Waals surface area contributed by atoms with Crippen LogP contribution in [-0.4, -0.2) is 18.5 Å². The van der Waals surface area contributed by atoms with Crippen LogP contribution in [0.2, 0.25) is 0 Å². The normalized spacial score (nSPS) is 15.6. The largest absolute Gasteiger partial charge is 0.462 e. The molecule has 0 amide bonds. The molecule has 1 aliphatic heterocycles. The van der Waals surface area contributed by atoms with Gasteiger partial charge >= 0.3 is 11.9 Å². The van der Waals surface area contributed by atoms with Crippen molar-refractivity contribution in [3.63, 3.8) is 0 Å².